The first-order valence-corrected chi connectivity index (χ1v) is 6.73. The number of oxime groups is 1. The zero-order valence-electron chi connectivity index (χ0n) is 12.7. The third-order valence-corrected chi connectivity index (χ3v) is 2.70. The number of nitrogens with zero attached hydrogens (tertiary/aromatic N) is 1. The molecule has 114 valence electrons. The molecule has 0 unspecified atom stereocenters. The van der Waals surface area contributed by atoms with Gasteiger partial charge in [-0.25, -0.2) is 0 Å². The van der Waals surface area contributed by atoms with Crippen LogP contribution in [0.1, 0.15) is 33.3 Å². The lowest BCUT2D eigenvalue weighted by Gasteiger charge is -2.19. The fourth-order valence-electron chi connectivity index (χ4n) is 1.82. The third-order valence-electron chi connectivity index (χ3n) is 2.70. The Hall–Kier alpha value is -2.24. The molecule has 0 fully saturated rings. The molecule has 6 heteroatoms. The van der Waals surface area contributed by atoms with E-state index in [1.165, 1.54) is 0 Å². The van der Waals surface area contributed by atoms with Crippen LogP contribution in [0.15, 0.2) is 23.4 Å². The molecule has 0 bridgehead atoms. The van der Waals surface area contributed by atoms with Crippen molar-refractivity contribution in [3.8, 4) is 11.5 Å². The van der Waals surface area contributed by atoms with E-state index < -0.39 is 0 Å². The monoisotopic (exact) mass is 292 g/mol. The second-order valence-electron chi connectivity index (χ2n) is 5.82. The summed E-state index contributed by atoms with van der Waals surface area (Å²) in [6.45, 7) is 7.65. The van der Waals surface area contributed by atoms with Crippen molar-refractivity contribution in [1.29, 1.82) is 0 Å². The number of carbonyl (C=O) groups is 1. The van der Waals surface area contributed by atoms with Gasteiger partial charge in [-0.1, -0.05) is 5.16 Å². The average Bonchev–Trinajstić information content (AvgIpc) is 2.83. The fraction of sp³-hybridized carbons (Fsp3) is 0.467. The van der Waals surface area contributed by atoms with Crippen LogP contribution >= 0.6 is 0 Å². The van der Waals surface area contributed by atoms with Crippen molar-refractivity contribution in [3.63, 3.8) is 0 Å². The van der Waals surface area contributed by atoms with Gasteiger partial charge in [-0.2, -0.15) is 0 Å². The Morgan fingerprint density at radius 1 is 1.33 bits per heavy atom. The van der Waals surface area contributed by atoms with Gasteiger partial charge in [0.05, 0.1) is 5.71 Å². The lowest BCUT2D eigenvalue weighted by Crippen LogP contribution is -2.42. The number of ether oxygens (including phenoxy) is 2. The van der Waals surface area contributed by atoms with Gasteiger partial charge in [0.1, 0.15) is 0 Å². The fourth-order valence-corrected chi connectivity index (χ4v) is 1.82. The van der Waals surface area contributed by atoms with Crippen molar-refractivity contribution in [1.82, 2.24) is 5.32 Å². The van der Waals surface area contributed by atoms with E-state index in [1.54, 1.807) is 6.92 Å². The highest BCUT2D eigenvalue weighted by molar-refractivity contribution is 5.99. The molecule has 0 saturated heterocycles. The predicted molar refractivity (Wildman–Crippen MR) is 78.6 cm³/mol. The molecule has 1 aromatic rings. The maximum atomic E-state index is 11.6. The maximum absolute atomic E-state index is 11.6. The second kappa shape index (κ2) is 6.03. The van der Waals surface area contributed by atoms with Gasteiger partial charge in [0, 0.05) is 11.1 Å². The second-order valence-corrected chi connectivity index (χ2v) is 5.82. The highest BCUT2D eigenvalue weighted by Crippen LogP contribution is 2.32. The number of fused-ring (bicyclic) bond motifs is 1. The molecule has 21 heavy (non-hydrogen) atoms. The number of benzene rings is 1. The van der Waals surface area contributed by atoms with Crippen molar-refractivity contribution in [2.45, 2.75) is 33.2 Å². The predicted octanol–water partition coefficient (Wildman–Crippen LogP) is 2.07. The molecule has 0 saturated carbocycles. The number of amides is 1. The molecule has 0 atom stereocenters. The van der Waals surface area contributed by atoms with Crippen molar-refractivity contribution < 1.29 is 19.1 Å². The minimum atomic E-state index is -0.281. The topological polar surface area (TPSA) is 69.2 Å². The van der Waals surface area contributed by atoms with Crippen molar-refractivity contribution in [2.75, 3.05) is 13.4 Å². The van der Waals surface area contributed by atoms with E-state index in [4.69, 9.17) is 14.3 Å². The highest BCUT2D eigenvalue weighted by Gasteiger charge is 2.15. The Morgan fingerprint density at radius 2 is 2.05 bits per heavy atom. The molecular weight excluding hydrogens is 272 g/mol. The molecule has 0 aliphatic carbocycles. The first-order chi connectivity index (χ1) is 9.85. The van der Waals surface area contributed by atoms with Gasteiger partial charge >= 0.3 is 0 Å². The van der Waals surface area contributed by atoms with Gasteiger partial charge in [-0.15, -0.1) is 0 Å². The zero-order valence-corrected chi connectivity index (χ0v) is 12.7. The zero-order chi connectivity index (χ0) is 15.5. The molecule has 1 aliphatic rings. The van der Waals surface area contributed by atoms with Gasteiger partial charge in [-0.3, -0.25) is 4.79 Å². The summed E-state index contributed by atoms with van der Waals surface area (Å²) in [6, 6.07) is 5.52. The largest absolute Gasteiger partial charge is 0.454 e. The number of rotatable bonds is 4. The van der Waals surface area contributed by atoms with Gasteiger partial charge in [0.2, 0.25) is 6.79 Å². The minimum Gasteiger partial charge on any atom is -0.454 e. The molecule has 0 radical (unpaired) electrons. The summed E-state index contributed by atoms with van der Waals surface area (Å²) in [5, 5.41) is 6.75. The molecule has 6 nitrogen and oxygen atoms in total. The summed E-state index contributed by atoms with van der Waals surface area (Å²) in [6.07, 6.45) is 0. The van der Waals surface area contributed by atoms with Crippen molar-refractivity contribution in [3.05, 3.63) is 23.8 Å². The van der Waals surface area contributed by atoms with E-state index in [1.807, 2.05) is 39.0 Å². The Morgan fingerprint density at radius 3 is 2.76 bits per heavy atom. The molecule has 2 rings (SSSR count). The molecule has 1 amide bonds. The first-order valence-electron chi connectivity index (χ1n) is 6.73. The van der Waals surface area contributed by atoms with E-state index in [9.17, 15) is 4.79 Å². The Kier molecular flexibility index (Phi) is 4.35. The SMILES string of the molecule is C/C(=N\OCC(=O)NC(C)(C)C)c1ccc2c(c1)OCO2. The van der Waals surface area contributed by atoms with Crippen LogP contribution in [0.2, 0.25) is 0 Å². The third kappa shape index (κ3) is 4.37. The smallest absolute Gasteiger partial charge is 0.261 e. The van der Waals surface area contributed by atoms with Crippen molar-refractivity contribution in [2.24, 2.45) is 5.16 Å². The Balaban J connectivity index is 1.91. The van der Waals surface area contributed by atoms with Crippen LogP contribution in [0.4, 0.5) is 0 Å². The number of hydrogen-bond donors (Lipinski definition) is 1. The number of nitrogens with one attached hydrogen (secondary N) is 1. The average molecular weight is 292 g/mol. The first kappa shape index (κ1) is 15.2. The van der Waals surface area contributed by atoms with Crippen LogP contribution in [0.5, 0.6) is 11.5 Å². The Labute approximate surface area is 124 Å². The highest BCUT2D eigenvalue weighted by atomic mass is 16.7. The van der Waals surface area contributed by atoms with Crippen LogP contribution in [0, 0.1) is 0 Å². The molecule has 1 heterocycles. The molecular formula is C15H20N2O4. The molecule has 1 aliphatic heterocycles. The van der Waals surface area contributed by atoms with Crippen LogP contribution in [-0.2, 0) is 9.63 Å². The van der Waals surface area contributed by atoms with Crippen LogP contribution < -0.4 is 14.8 Å². The summed E-state index contributed by atoms with van der Waals surface area (Å²) < 4.78 is 10.6. The van der Waals surface area contributed by atoms with E-state index in [2.05, 4.69) is 10.5 Å². The van der Waals surface area contributed by atoms with Gasteiger partial charge in [-0.05, 0) is 45.9 Å². The van der Waals surface area contributed by atoms with Gasteiger partial charge < -0.3 is 19.6 Å². The number of carbonyl (C=O) groups excluding carboxylic acids is 1. The van der Waals surface area contributed by atoms with E-state index >= 15 is 0 Å². The number of hydrogen-bond acceptors (Lipinski definition) is 5. The lowest BCUT2D eigenvalue weighted by atomic mass is 10.1. The minimum absolute atomic E-state index is 0.112. The summed E-state index contributed by atoms with van der Waals surface area (Å²) in [4.78, 5) is 16.7. The molecule has 0 spiro atoms. The van der Waals surface area contributed by atoms with E-state index in [0.29, 0.717) is 11.5 Å². The van der Waals surface area contributed by atoms with Crippen molar-refractivity contribution >= 4 is 11.6 Å². The van der Waals surface area contributed by atoms with Crippen LogP contribution in [0.3, 0.4) is 0 Å². The standard InChI is InChI=1S/C15H20N2O4/c1-10(17-21-8-14(18)16-15(2,3)4)11-5-6-12-13(7-11)20-9-19-12/h5-7H,8-9H2,1-4H3,(H,16,18)/b17-10+. The van der Waals surface area contributed by atoms with Crippen LogP contribution in [-0.4, -0.2) is 30.6 Å². The molecule has 1 aromatic carbocycles. The molecule has 1 N–H and O–H groups in total. The summed E-state index contributed by atoms with van der Waals surface area (Å²) >= 11 is 0. The quantitative estimate of drug-likeness (QED) is 0.681. The summed E-state index contributed by atoms with van der Waals surface area (Å²) in [7, 11) is 0. The van der Waals surface area contributed by atoms with Gasteiger partial charge in [0.15, 0.2) is 18.1 Å². The molecule has 0 aromatic heterocycles. The van der Waals surface area contributed by atoms with E-state index in [-0.39, 0.29) is 24.8 Å². The van der Waals surface area contributed by atoms with Gasteiger partial charge in [0.25, 0.3) is 5.91 Å². The summed E-state index contributed by atoms with van der Waals surface area (Å²) in [5.74, 6) is 1.20. The van der Waals surface area contributed by atoms with E-state index in [0.717, 1.165) is 11.3 Å². The maximum Gasteiger partial charge on any atom is 0.261 e. The normalized spacial score (nSPS) is 14.0. The Bertz CT molecular complexity index is 561. The lowest BCUT2D eigenvalue weighted by molar-refractivity contribution is -0.127. The summed E-state index contributed by atoms with van der Waals surface area (Å²) in [5.41, 5.74) is 1.24. The van der Waals surface area contributed by atoms with Crippen LogP contribution in [0.25, 0.3) is 0 Å².